The Morgan fingerprint density at radius 1 is 1.10 bits per heavy atom. The largest absolute Gasteiger partial charge is 0.494 e. The Morgan fingerprint density at radius 3 is 2.57 bits per heavy atom. The van der Waals surface area contributed by atoms with Crippen LogP contribution >= 0.6 is 11.8 Å². The van der Waals surface area contributed by atoms with Gasteiger partial charge in [0.2, 0.25) is 0 Å². The van der Waals surface area contributed by atoms with E-state index in [9.17, 15) is 0 Å². The lowest BCUT2D eigenvalue weighted by atomic mass is 10.2. The van der Waals surface area contributed by atoms with Crippen molar-refractivity contribution >= 4 is 11.8 Å². The molecule has 0 saturated heterocycles. The van der Waals surface area contributed by atoms with E-state index in [0.29, 0.717) is 12.2 Å². The third-order valence-electron chi connectivity index (χ3n) is 3.14. The van der Waals surface area contributed by atoms with Gasteiger partial charge < -0.3 is 4.74 Å². The molecule has 108 valence electrons. The average Bonchev–Trinajstić information content (AvgIpc) is 2.51. The summed E-state index contributed by atoms with van der Waals surface area (Å²) in [7, 11) is 0. The van der Waals surface area contributed by atoms with E-state index < -0.39 is 0 Å². The van der Waals surface area contributed by atoms with Crippen LogP contribution in [0.25, 0.3) is 0 Å². The van der Waals surface area contributed by atoms with Gasteiger partial charge in [0.1, 0.15) is 5.75 Å². The van der Waals surface area contributed by atoms with Gasteiger partial charge >= 0.3 is 0 Å². The fourth-order valence-electron chi connectivity index (χ4n) is 1.92. The van der Waals surface area contributed by atoms with E-state index in [4.69, 9.17) is 10.00 Å². The number of nitrogens with zero attached hydrogens (tertiary/aromatic N) is 1. The van der Waals surface area contributed by atoms with Gasteiger partial charge in [-0.1, -0.05) is 17.7 Å². The van der Waals surface area contributed by atoms with E-state index in [1.165, 1.54) is 16.0 Å². The number of benzene rings is 2. The van der Waals surface area contributed by atoms with Crippen LogP contribution in [-0.4, -0.2) is 12.4 Å². The molecule has 2 nitrogen and oxygen atoms in total. The van der Waals surface area contributed by atoms with Crippen molar-refractivity contribution in [2.24, 2.45) is 0 Å². The van der Waals surface area contributed by atoms with Gasteiger partial charge in [-0.15, -0.1) is 11.8 Å². The molecule has 2 aromatic carbocycles. The van der Waals surface area contributed by atoms with E-state index in [1.807, 2.05) is 23.9 Å². The number of hydrogen-bond donors (Lipinski definition) is 0. The predicted octanol–water partition coefficient (Wildman–Crippen LogP) is 4.74. The number of ether oxygens (including phenoxy) is 1. The highest BCUT2D eigenvalue weighted by Gasteiger charge is 2.00. The number of hydrogen-bond acceptors (Lipinski definition) is 3. The molecule has 21 heavy (non-hydrogen) atoms. The highest BCUT2D eigenvalue weighted by atomic mass is 32.2. The summed E-state index contributed by atoms with van der Waals surface area (Å²) in [6.07, 6.45) is 0.998. The molecular weight excluding hydrogens is 278 g/mol. The molecule has 3 heteroatoms. The van der Waals surface area contributed by atoms with Crippen molar-refractivity contribution in [2.45, 2.75) is 25.2 Å². The molecule has 0 bridgehead atoms. The molecule has 0 N–H and O–H groups in total. The molecular formula is C18H19NOS. The van der Waals surface area contributed by atoms with Crippen LogP contribution in [0.5, 0.6) is 5.75 Å². The fourth-order valence-corrected chi connectivity index (χ4v) is 2.97. The summed E-state index contributed by atoms with van der Waals surface area (Å²) in [5.74, 6) is 1.87. The number of rotatable bonds is 6. The maximum atomic E-state index is 8.73. The van der Waals surface area contributed by atoms with Crippen molar-refractivity contribution in [1.82, 2.24) is 0 Å². The summed E-state index contributed by atoms with van der Waals surface area (Å²) in [6.45, 7) is 4.97. The minimum Gasteiger partial charge on any atom is -0.494 e. The second-order valence-corrected chi connectivity index (χ2v) is 6.09. The van der Waals surface area contributed by atoms with E-state index in [-0.39, 0.29) is 0 Å². The molecule has 0 radical (unpaired) electrons. The van der Waals surface area contributed by atoms with Crippen LogP contribution in [0.3, 0.4) is 0 Å². The molecule has 0 saturated carbocycles. The molecule has 0 unspecified atom stereocenters. The molecule has 0 heterocycles. The van der Waals surface area contributed by atoms with Crippen LogP contribution in [0.15, 0.2) is 47.4 Å². The standard InChI is InChI=1S/C18H19NOS/c1-14-4-5-15(2)18(12-14)21-11-3-10-20-17-8-6-16(13-19)7-9-17/h4-9,12H,3,10-11H2,1-2H3. The average molecular weight is 297 g/mol. The van der Waals surface area contributed by atoms with Crippen LogP contribution in [-0.2, 0) is 0 Å². The highest BCUT2D eigenvalue weighted by Crippen LogP contribution is 2.24. The van der Waals surface area contributed by atoms with Crippen molar-refractivity contribution in [3.8, 4) is 11.8 Å². The smallest absolute Gasteiger partial charge is 0.119 e. The zero-order valence-electron chi connectivity index (χ0n) is 12.4. The zero-order chi connectivity index (χ0) is 15.1. The van der Waals surface area contributed by atoms with Gasteiger partial charge in [-0.2, -0.15) is 5.26 Å². The van der Waals surface area contributed by atoms with Gasteiger partial charge in [0.25, 0.3) is 0 Å². The Kier molecular flexibility index (Phi) is 5.71. The zero-order valence-corrected chi connectivity index (χ0v) is 13.2. The lowest BCUT2D eigenvalue weighted by Gasteiger charge is -2.08. The van der Waals surface area contributed by atoms with E-state index >= 15 is 0 Å². The van der Waals surface area contributed by atoms with Crippen LogP contribution in [0, 0.1) is 25.2 Å². The minimum absolute atomic E-state index is 0.660. The molecule has 0 aliphatic rings. The van der Waals surface area contributed by atoms with Crippen molar-refractivity contribution in [2.75, 3.05) is 12.4 Å². The van der Waals surface area contributed by atoms with Gasteiger partial charge in [0.15, 0.2) is 0 Å². The van der Waals surface area contributed by atoms with Crippen molar-refractivity contribution in [3.05, 3.63) is 59.2 Å². The monoisotopic (exact) mass is 297 g/mol. The molecule has 0 spiro atoms. The van der Waals surface area contributed by atoms with Crippen LogP contribution < -0.4 is 4.74 Å². The highest BCUT2D eigenvalue weighted by molar-refractivity contribution is 7.99. The van der Waals surface area contributed by atoms with Crippen molar-refractivity contribution < 1.29 is 4.74 Å². The van der Waals surface area contributed by atoms with Crippen LogP contribution in [0.1, 0.15) is 23.1 Å². The first-order valence-electron chi connectivity index (χ1n) is 7.02. The fraction of sp³-hybridized carbons (Fsp3) is 0.278. The summed E-state index contributed by atoms with van der Waals surface area (Å²) < 4.78 is 5.67. The molecule has 0 atom stereocenters. The Morgan fingerprint density at radius 2 is 1.86 bits per heavy atom. The van der Waals surface area contributed by atoms with Gasteiger partial charge in [-0.05, 0) is 56.2 Å². The molecule has 0 aromatic heterocycles. The van der Waals surface area contributed by atoms with E-state index in [2.05, 4.69) is 38.1 Å². The molecule has 0 amide bonds. The first kappa shape index (κ1) is 15.5. The quantitative estimate of drug-likeness (QED) is 0.570. The van der Waals surface area contributed by atoms with Crippen LogP contribution in [0.4, 0.5) is 0 Å². The van der Waals surface area contributed by atoms with Crippen molar-refractivity contribution in [1.29, 1.82) is 5.26 Å². The summed E-state index contributed by atoms with van der Waals surface area (Å²) in [5.41, 5.74) is 3.29. The van der Waals surface area contributed by atoms with Gasteiger partial charge in [0.05, 0.1) is 18.2 Å². The molecule has 2 rings (SSSR count). The third-order valence-corrected chi connectivity index (χ3v) is 4.39. The Balaban J connectivity index is 1.72. The lowest BCUT2D eigenvalue weighted by Crippen LogP contribution is -1.98. The number of nitriles is 1. The molecule has 0 aliphatic heterocycles. The Labute approximate surface area is 130 Å². The van der Waals surface area contributed by atoms with E-state index in [1.54, 1.807) is 12.1 Å². The summed E-state index contributed by atoms with van der Waals surface area (Å²) in [4.78, 5) is 1.35. The molecule has 2 aromatic rings. The third kappa shape index (κ3) is 4.84. The van der Waals surface area contributed by atoms with Gasteiger partial charge in [-0.3, -0.25) is 0 Å². The molecule has 0 aliphatic carbocycles. The lowest BCUT2D eigenvalue weighted by molar-refractivity contribution is 0.318. The maximum absolute atomic E-state index is 8.73. The minimum atomic E-state index is 0.660. The number of thioether (sulfide) groups is 1. The Hall–Kier alpha value is -1.92. The topological polar surface area (TPSA) is 33.0 Å². The summed E-state index contributed by atoms with van der Waals surface area (Å²) in [6, 6.07) is 15.9. The van der Waals surface area contributed by atoms with Gasteiger partial charge in [-0.25, -0.2) is 0 Å². The predicted molar refractivity (Wildman–Crippen MR) is 87.9 cm³/mol. The molecule has 0 fully saturated rings. The first-order valence-corrected chi connectivity index (χ1v) is 8.00. The van der Waals surface area contributed by atoms with Gasteiger partial charge in [0, 0.05) is 10.6 Å². The normalized spacial score (nSPS) is 10.1. The second-order valence-electron chi connectivity index (χ2n) is 4.96. The SMILES string of the molecule is Cc1ccc(C)c(SCCCOc2ccc(C#N)cc2)c1. The summed E-state index contributed by atoms with van der Waals surface area (Å²) >= 11 is 1.88. The summed E-state index contributed by atoms with van der Waals surface area (Å²) in [5, 5.41) is 8.73. The maximum Gasteiger partial charge on any atom is 0.119 e. The second kappa shape index (κ2) is 7.75. The van der Waals surface area contributed by atoms with E-state index in [0.717, 1.165) is 17.9 Å². The Bertz CT molecular complexity index is 629. The van der Waals surface area contributed by atoms with Crippen molar-refractivity contribution in [3.63, 3.8) is 0 Å². The number of aryl methyl sites for hydroxylation is 2. The van der Waals surface area contributed by atoms with Crippen LogP contribution in [0.2, 0.25) is 0 Å². The first-order chi connectivity index (χ1) is 10.2.